The minimum absolute atomic E-state index is 0.177. The topological polar surface area (TPSA) is 70.6 Å². The summed E-state index contributed by atoms with van der Waals surface area (Å²) in [5.41, 5.74) is 0. The third-order valence-electron chi connectivity index (χ3n) is 1.82. The van der Waals surface area contributed by atoms with Crippen LogP contribution in [0.15, 0.2) is 24.3 Å². The SMILES string of the molecule is CCNC(=O)NC(C)Oc1ccc(O)cc1. The van der Waals surface area contributed by atoms with Crippen LogP contribution in [-0.2, 0) is 0 Å². The standard InChI is InChI=1S/C11H16N2O3/c1-3-12-11(15)13-8(2)16-10-6-4-9(14)5-7-10/h4-8,14H,3H2,1-2H3,(H2,12,13,15). The summed E-state index contributed by atoms with van der Waals surface area (Å²) in [6.07, 6.45) is -0.434. The molecule has 0 heterocycles. The first-order chi connectivity index (χ1) is 7.61. The minimum atomic E-state index is -0.434. The average Bonchev–Trinajstić information content (AvgIpc) is 2.21. The summed E-state index contributed by atoms with van der Waals surface area (Å²) in [7, 11) is 0. The molecule has 0 aromatic heterocycles. The van der Waals surface area contributed by atoms with Crippen molar-refractivity contribution in [2.24, 2.45) is 0 Å². The zero-order valence-corrected chi connectivity index (χ0v) is 9.36. The quantitative estimate of drug-likeness (QED) is 0.678. The highest BCUT2D eigenvalue weighted by Crippen LogP contribution is 2.16. The van der Waals surface area contributed by atoms with Crippen molar-refractivity contribution in [1.82, 2.24) is 10.6 Å². The zero-order valence-electron chi connectivity index (χ0n) is 9.36. The third kappa shape index (κ3) is 4.08. The number of benzene rings is 1. The predicted molar refractivity (Wildman–Crippen MR) is 60.4 cm³/mol. The van der Waals surface area contributed by atoms with Crippen LogP contribution >= 0.6 is 0 Å². The largest absolute Gasteiger partial charge is 0.508 e. The van der Waals surface area contributed by atoms with Crippen LogP contribution in [0.4, 0.5) is 4.79 Å². The van der Waals surface area contributed by atoms with Crippen LogP contribution in [-0.4, -0.2) is 23.9 Å². The lowest BCUT2D eigenvalue weighted by Crippen LogP contribution is -2.43. The molecule has 0 bridgehead atoms. The van der Waals surface area contributed by atoms with E-state index < -0.39 is 6.23 Å². The van der Waals surface area contributed by atoms with Crippen LogP contribution in [0.2, 0.25) is 0 Å². The predicted octanol–water partition coefficient (Wildman–Crippen LogP) is 1.44. The fourth-order valence-corrected chi connectivity index (χ4v) is 1.15. The van der Waals surface area contributed by atoms with Crippen LogP contribution in [0.25, 0.3) is 0 Å². The molecule has 0 saturated carbocycles. The molecule has 88 valence electrons. The Kier molecular flexibility index (Phi) is 4.44. The summed E-state index contributed by atoms with van der Waals surface area (Å²) in [4.78, 5) is 11.2. The van der Waals surface area contributed by atoms with E-state index in [0.717, 1.165) is 0 Å². The van der Waals surface area contributed by atoms with Gasteiger partial charge in [0.05, 0.1) is 0 Å². The Hall–Kier alpha value is -1.91. The van der Waals surface area contributed by atoms with Crippen molar-refractivity contribution in [2.75, 3.05) is 6.54 Å². The van der Waals surface area contributed by atoms with Crippen molar-refractivity contribution in [3.05, 3.63) is 24.3 Å². The fourth-order valence-electron chi connectivity index (χ4n) is 1.15. The molecule has 1 aromatic rings. The third-order valence-corrected chi connectivity index (χ3v) is 1.82. The number of rotatable bonds is 4. The summed E-state index contributed by atoms with van der Waals surface area (Å²) >= 11 is 0. The molecular formula is C11H16N2O3. The molecule has 0 radical (unpaired) electrons. The lowest BCUT2D eigenvalue weighted by molar-refractivity contribution is 0.177. The Morgan fingerprint density at radius 1 is 1.44 bits per heavy atom. The van der Waals surface area contributed by atoms with Gasteiger partial charge in [0.2, 0.25) is 0 Å². The van der Waals surface area contributed by atoms with Crippen molar-refractivity contribution in [3.63, 3.8) is 0 Å². The number of aromatic hydroxyl groups is 1. The summed E-state index contributed by atoms with van der Waals surface area (Å²) in [6, 6.07) is 6.03. The van der Waals surface area contributed by atoms with Gasteiger partial charge in [-0.25, -0.2) is 4.79 Å². The lowest BCUT2D eigenvalue weighted by atomic mass is 10.3. The highest BCUT2D eigenvalue weighted by atomic mass is 16.5. The fraction of sp³-hybridized carbons (Fsp3) is 0.364. The van der Waals surface area contributed by atoms with Gasteiger partial charge in [-0.3, -0.25) is 0 Å². The molecule has 0 saturated heterocycles. The van der Waals surface area contributed by atoms with E-state index >= 15 is 0 Å². The van der Waals surface area contributed by atoms with E-state index in [1.54, 1.807) is 19.1 Å². The second-order valence-electron chi connectivity index (χ2n) is 3.26. The molecule has 1 rings (SSSR count). The van der Waals surface area contributed by atoms with Crippen LogP contribution in [0.5, 0.6) is 11.5 Å². The number of nitrogens with one attached hydrogen (secondary N) is 2. The van der Waals surface area contributed by atoms with Gasteiger partial charge >= 0.3 is 6.03 Å². The van der Waals surface area contributed by atoms with Crippen molar-refractivity contribution in [1.29, 1.82) is 0 Å². The normalized spacial score (nSPS) is 11.6. The Labute approximate surface area is 94.4 Å². The van der Waals surface area contributed by atoms with Gasteiger partial charge in [-0.1, -0.05) is 0 Å². The summed E-state index contributed by atoms with van der Waals surface area (Å²) in [5.74, 6) is 0.763. The molecule has 0 fully saturated rings. The van der Waals surface area contributed by atoms with Crippen molar-refractivity contribution in [3.8, 4) is 11.5 Å². The van der Waals surface area contributed by atoms with E-state index in [4.69, 9.17) is 9.84 Å². The molecule has 0 aliphatic heterocycles. The van der Waals surface area contributed by atoms with Gasteiger partial charge in [0, 0.05) is 6.54 Å². The Morgan fingerprint density at radius 3 is 2.62 bits per heavy atom. The van der Waals surface area contributed by atoms with E-state index in [1.807, 2.05) is 6.92 Å². The maximum absolute atomic E-state index is 11.2. The van der Waals surface area contributed by atoms with Gasteiger partial charge < -0.3 is 20.5 Å². The number of carbonyl (C=O) groups is 1. The first kappa shape index (κ1) is 12.2. The summed E-state index contributed by atoms with van der Waals surface area (Å²) in [6.45, 7) is 4.13. The smallest absolute Gasteiger partial charge is 0.317 e. The molecule has 2 amide bonds. The van der Waals surface area contributed by atoms with E-state index in [2.05, 4.69) is 10.6 Å². The number of urea groups is 1. The molecule has 1 atom stereocenters. The van der Waals surface area contributed by atoms with Crippen molar-refractivity contribution >= 4 is 6.03 Å². The van der Waals surface area contributed by atoms with Gasteiger partial charge in [0.15, 0.2) is 6.23 Å². The molecule has 5 heteroatoms. The van der Waals surface area contributed by atoms with Gasteiger partial charge in [-0.05, 0) is 38.1 Å². The van der Waals surface area contributed by atoms with Crippen molar-refractivity contribution < 1.29 is 14.6 Å². The average molecular weight is 224 g/mol. The molecule has 16 heavy (non-hydrogen) atoms. The van der Waals surface area contributed by atoms with E-state index in [9.17, 15) is 4.79 Å². The van der Waals surface area contributed by atoms with Crippen LogP contribution in [0.1, 0.15) is 13.8 Å². The molecule has 5 nitrogen and oxygen atoms in total. The molecule has 0 aliphatic rings. The van der Waals surface area contributed by atoms with Crippen molar-refractivity contribution in [2.45, 2.75) is 20.1 Å². The maximum Gasteiger partial charge on any atom is 0.317 e. The Morgan fingerprint density at radius 2 is 2.06 bits per heavy atom. The zero-order chi connectivity index (χ0) is 12.0. The molecule has 1 unspecified atom stereocenters. The second-order valence-corrected chi connectivity index (χ2v) is 3.26. The number of hydrogen-bond donors (Lipinski definition) is 3. The monoisotopic (exact) mass is 224 g/mol. The van der Waals surface area contributed by atoms with E-state index in [1.165, 1.54) is 12.1 Å². The maximum atomic E-state index is 11.2. The van der Waals surface area contributed by atoms with E-state index in [-0.39, 0.29) is 11.8 Å². The molecule has 0 spiro atoms. The first-order valence-corrected chi connectivity index (χ1v) is 5.12. The molecular weight excluding hydrogens is 208 g/mol. The number of ether oxygens (including phenoxy) is 1. The number of phenolic OH excluding ortho intramolecular Hbond substituents is 1. The summed E-state index contributed by atoms with van der Waals surface area (Å²) < 4.78 is 5.40. The number of hydrogen-bond acceptors (Lipinski definition) is 3. The van der Waals surface area contributed by atoms with Gasteiger partial charge in [0.1, 0.15) is 11.5 Å². The summed E-state index contributed by atoms with van der Waals surface area (Å²) in [5, 5.41) is 14.3. The highest BCUT2D eigenvalue weighted by Gasteiger charge is 2.06. The highest BCUT2D eigenvalue weighted by molar-refractivity contribution is 5.73. The molecule has 0 aliphatic carbocycles. The Bertz CT molecular complexity index is 338. The number of amides is 2. The number of phenols is 1. The van der Waals surface area contributed by atoms with Crippen LogP contribution in [0, 0.1) is 0 Å². The van der Waals surface area contributed by atoms with Gasteiger partial charge in [-0.15, -0.1) is 0 Å². The van der Waals surface area contributed by atoms with E-state index in [0.29, 0.717) is 12.3 Å². The van der Waals surface area contributed by atoms with Gasteiger partial charge in [-0.2, -0.15) is 0 Å². The van der Waals surface area contributed by atoms with Gasteiger partial charge in [0.25, 0.3) is 0 Å². The molecule has 1 aromatic carbocycles. The Balaban J connectivity index is 2.42. The van der Waals surface area contributed by atoms with Crippen LogP contribution in [0.3, 0.4) is 0 Å². The minimum Gasteiger partial charge on any atom is -0.508 e. The number of carbonyl (C=O) groups excluding carboxylic acids is 1. The van der Waals surface area contributed by atoms with Crippen LogP contribution < -0.4 is 15.4 Å². The molecule has 3 N–H and O–H groups in total. The second kappa shape index (κ2) is 5.85. The first-order valence-electron chi connectivity index (χ1n) is 5.12. The lowest BCUT2D eigenvalue weighted by Gasteiger charge is -2.16.